The highest BCUT2D eigenvalue weighted by atomic mass is 32.2. The average Bonchev–Trinajstić information content (AvgIpc) is 3.48. The van der Waals surface area contributed by atoms with Gasteiger partial charge in [-0.1, -0.05) is 12.1 Å². The molecule has 0 aliphatic carbocycles. The van der Waals surface area contributed by atoms with E-state index in [1.165, 1.54) is 37.8 Å². The maximum absolute atomic E-state index is 14.3. The maximum Gasteiger partial charge on any atom is 0.338 e. The summed E-state index contributed by atoms with van der Waals surface area (Å²) in [6.07, 6.45) is 1.77. The first-order valence-corrected chi connectivity index (χ1v) is 15.8. The molecular weight excluding hydrogens is 626 g/mol. The van der Waals surface area contributed by atoms with Gasteiger partial charge in [-0.15, -0.1) is 0 Å². The van der Waals surface area contributed by atoms with Crippen LogP contribution in [0.5, 0.6) is 34.5 Å². The van der Waals surface area contributed by atoms with Gasteiger partial charge in [0.15, 0.2) is 0 Å². The molecule has 0 aliphatic heterocycles. The van der Waals surface area contributed by atoms with Crippen molar-refractivity contribution in [2.24, 2.45) is 7.05 Å². The number of fused-ring (bicyclic) bond motifs is 1. The highest BCUT2D eigenvalue weighted by Crippen LogP contribution is 2.34. The van der Waals surface area contributed by atoms with Crippen LogP contribution >= 0.6 is 0 Å². The summed E-state index contributed by atoms with van der Waals surface area (Å²) in [5.41, 5.74) is 2.08. The first kappa shape index (κ1) is 33.1. The summed E-state index contributed by atoms with van der Waals surface area (Å²) in [6.45, 7) is -0.0233. The fourth-order valence-corrected chi connectivity index (χ4v) is 6.45. The molecule has 0 bridgehead atoms. The lowest BCUT2D eigenvalue weighted by atomic mass is 10.1. The number of nitrogens with zero attached hydrogens (tertiary/aromatic N) is 3. The van der Waals surface area contributed by atoms with Crippen LogP contribution in [-0.4, -0.2) is 64.0 Å². The third kappa shape index (κ3) is 7.11. The second kappa shape index (κ2) is 14.0. The van der Waals surface area contributed by atoms with Gasteiger partial charge in [0.25, 0.3) is 0 Å². The molecule has 1 aromatic heterocycles. The molecule has 0 radical (unpaired) electrons. The third-order valence-electron chi connectivity index (χ3n) is 7.49. The molecule has 12 nitrogen and oxygen atoms in total. The quantitative estimate of drug-likeness (QED) is 0.148. The Kier molecular flexibility index (Phi) is 9.87. The van der Waals surface area contributed by atoms with Gasteiger partial charge in [0.1, 0.15) is 34.5 Å². The van der Waals surface area contributed by atoms with Gasteiger partial charge in [0, 0.05) is 49.6 Å². The number of benzene rings is 4. The molecule has 0 atom stereocenters. The molecule has 47 heavy (non-hydrogen) atoms. The fourth-order valence-electron chi connectivity index (χ4n) is 5.06. The van der Waals surface area contributed by atoms with Crippen molar-refractivity contribution in [1.82, 2.24) is 14.1 Å². The molecule has 0 aliphatic rings. The molecule has 246 valence electrons. The molecule has 5 aromatic rings. The first-order chi connectivity index (χ1) is 22.6. The molecule has 0 fully saturated rings. The maximum atomic E-state index is 14.3. The van der Waals surface area contributed by atoms with E-state index in [1.807, 2.05) is 0 Å². The number of rotatable bonds is 13. The fraction of sp³-hybridized carbons (Fsp3) is 0.235. The Morgan fingerprint density at radius 3 is 1.79 bits per heavy atom. The third-order valence-corrected chi connectivity index (χ3v) is 9.30. The van der Waals surface area contributed by atoms with Crippen molar-refractivity contribution in [1.29, 1.82) is 0 Å². The van der Waals surface area contributed by atoms with Gasteiger partial charge in [-0.05, 0) is 48.5 Å². The van der Waals surface area contributed by atoms with Crippen molar-refractivity contribution in [3.05, 3.63) is 95.7 Å². The number of hydrogen-bond acceptors (Lipinski definition) is 10. The first-order valence-electron chi connectivity index (χ1n) is 14.4. The topological polar surface area (TPSA) is 128 Å². The zero-order valence-electron chi connectivity index (χ0n) is 26.8. The van der Waals surface area contributed by atoms with E-state index < -0.39 is 16.0 Å². The Morgan fingerprint density at radius 2 is 1.28 bits per heavy atom. The van der Waals surface area contributed by atoms with Crippen LogP contribution < -0.4 is 23.7 Å². The summed E-state index contributed by atoms with van der Waals surface area (Å²) in [4.78, 5) is 12.3. The number of hydrogen-bond donors (Lipinski definition) is 0. The lowest BCUT2D eigenvalue weighted by Crippen LogP contribution is -2.30. The number of sulfonamides is 1. The zero-order valence-corrected chi connectivity index (χ0v) is 27.7. The zero-order chi connectivity index (χ0) is 33.7. The summed E-state index contributed by atoms with van der Waals surface area (Å²) in [5, 5.41) is 5.05. The SMILES string of the molecule is COC(=O)c1cc(Oc2ccc(S(=O)(=O)N(Cc3ccc(OC)cc3OC)Cc3ccc(OC)cc3OC)cc2)c2cn(C)nc2c1. The smallest absolute Gasteiger partial charge is 0.338 e. The molecule has 0 unspecified atom stereocenters. The second-order valence-electron chi connectivity index (χ2n) is 10.4. The van der Waals surface area contributed by atoms with Crippen LogP contribution in [-0.2, 0) is 34.9 Å². The monoisotopic (exact) mass is 661 g/mol. The molecule has 5 rings (SSSR count). The van der Waals surface area contributed by atoms with E-state index in [0.29, 0.717) is 56.5 Å². The molecule has 0 amide bonds. The van der Waals surface area contributed by atoms with Gasteiger partial charge in [-0.3, -0.25) is 4.68 Å². The Balaban J connectivity index is 1.50. The van der Waals surface area contributed by atoms with E-state index in [9.17, 15) is 13.2 Å². The van der Waals surface area contributed by atoms with Crippen molar-refractivity contribution >= 4 is 26.9 Å². The molecule has 1 heterocycles. The summed E-state index contributed by atoms with van der Waals surface area (Å²) >= 11 is 0. The molecule has 0 saturated carbocycles. The van der Waals surface area contributed by atoms with Crippen LogP contribution in [0.4, 0.5) is 0 Å². The number of aryl methyl sites for hydroxylation is 1. The lowest BCUT2D eigenvalue weighted by Gasteiger charge is -2.25. The number of esters is 1. The van der Waals surface area contributed by atoms with Crippen molar-refractivity contribution in [2.75, 3.05) is 35.5 Å². The van der Waals surface area contributed by atoms with Gasteiger partial charge < -0.3 is 28.4 Å². The predicted octanol–water partition coefficient (Wildman–Crippen LogP) is 5.58. The van der Waals surface area contributed by atoms with Crippen molar-refractivity contribution in [3.63, 3.8) is 0 Å². The van der Waals surface area contributed by atoms with E-state index in [0.717, 1.165) is 0 Å². The number of carbonyl (C=O) groups excluding carboxylic acids is 1. The summed E-state index contributed by atoms with van der Waals surface area (Å²) in [6, 6.07) is 19.7. The van der Waals surface area contributed by atoms with E-state index in [2.05, 4.69) is 5.10 Å². The largest absolute Gasteiger partial charge is 0.497 e. The number of carbonyl (C=O) groups is 1. The van der Waals surface area contributed by atoms with Crippen LogP contribution in [0.1, 0.15) is 21.5 Å². The second-order valence-corrected chi connectivity index (χ2v) is 12.3. The Bertz CT molecular complexity index is 1950. The van der Waals surface area contributed by atoms with Crippen LogP contribution in [0.25, 0.3) is 10.9 Å². The van der Waals surface area contributed by atoms with Crippen LogP contribution in [0.3, 0.4) is 0 Å². The standard InChI is InChI=1S/C34H35N3O9S/c1-36-21-29-30(35-36)15-24(34(38)45-6)16-33(29)46-25-11-13-28(14-12-25)47(39,40)37(19-22-7-9-26(41-2)17-31(22)43-4)20-23-8-10-27(42-3)18-32(23)44-5/h7-18,21H,19-20H2,1-6H3. The lowest BCUT2D eigenvalue weighted by molar-refractivity contribution is 0.0600. The van der Waals surface area contributed by atoms with E-state index in [4.69, 9.17) is 28.4 Å². The van der Waals surface area contributed by atoms with Crippen LogP contribution in [0, 0.1) is 0 Å². The molecule has 13 heteroatoms. The minimum atomic E-state index is -4.09. The van der Waals surface area contributed by atoms with Crippen LogP contribution in [0.15, 0.2) is 83.9 Å². The van der Waals surface area contributed by atoms with E-state index in [-0.39, 0.29) is 23.5 Å². The Hall–Kier alpha value is -5.27. The Labute approximate surface area is 273 Å². The van der Waals surface area contributed by atoms with E-state index in [1.54, 1.807) is 92.8 Å². The predicted molar refractivity (Wildman–Crippen MR) is 174 cm³/mol. The van der Waals surface area contributed by atoms with Crippen molar-refractivity contribution in [3.8, 4) is 34.5 Å². The number of methoxy groups -OCH3 is 5. The average molecular weight is 662 g/mol. The minimum absolute atomic E-state index is 0.0117. The molecule has 0 N–H and O–H groups in total. The van der Waals surface area contributed by atoms with Crippen LogP contribution in [0.2, 0.25) is 0 Å². The molecule has 0 spiro atoms. The van der Waals surface area contributed by atoms with Gasteiger partial charge in [0.05, 0.1) is 56.9 Å². The van der Waals surface area contributed by atoms with Crippen molar-refractivity contribution < 1.29 is 41.6 Å². The number of ether oxygens (including phenoxy) is 6. The van der Waals surface area contributed by atoms with Gasteiger partial charge in [-0.2, -0.15) is 9.40 Å². The highest BCUT2D eigenvalue weighted by Gasteiger charge is 2.28. The number of aromatic nitrogens is 2. The Morgan fingerprint density at radius 1 is 0.723 bits per heavy atom. The van der Waals surface area contributed by atoms with Gasteiger partial charge >= 0.3 is 5.97 Å². The van der Waals surface area contributed by atoms with Gasteiger partial charge in [-0.25, -0.2) is 13.2 Å². The molecular formula is C34H35N3O9S. The summed E-state index contributed by atoms with van der Waals surface area (Å²) in [5.74, 6) is 2.30. The molecule has 0 saturated heterocycles. The van der Waals surface area contributed by atoms with Gasteiger partial charge in [0.2, 0.25) is 10.0 Å². The van der Waals surface area contributed by atoms with E-state index >= 15 is 0 Å². The van der Waals surface area contributed by atoms with Crippen molar-refractivity contribution in [2.45, 2.75) is 18.0 Å². The highest BCUT2D eigenvalue weighted by molar-refractivity contribution is 7.89. The summed E-state index contributed by atoms with van der Waals surface area (Å²) in [7, 11) is 5.09. The minimum Gasteiger partial charge on any atom is -0.497 e. The summed E-state index contributed by atoms with van der Waals surface area (Å²) < 4.78 is 64.3. The molecule has 4 aromatic carbocycles. The normalized spacial score (nSPS) is 11.4.